The Labute approximate surface area is 89.7 Å². The average Bonchev–Trinajstić information content (AvgIpc) is 2.20. The number of carboxylic acids is 1. The fraction of sp³-hybridized carbons (Fsp3) is 0.800. The molecule has 0 aromatic heterocycles. The number of likely N-dealkylation sites (N-methyl/N-ethyl adjacent to an activating group) is 1. The monoisotopic (exact) mass is 214 g/mol. The van der Waals surface area contributed by atoms with Crippen molar-refractivity contribution >= 4 is 11.9 Å². The molecule has 0 aliphatic carbocycles. The Morgan fingerprint density at radius 2 is 2.27 bits per heavy atom. The lowest BCUT2D eigenvalue weighted by molar-refractivity contribution is -0.152. The van der Waals surface area contributed by atoms with Crippen LogP contribution in [0.5, 0.6) is 0 Å². The van der Waals surface area contributed by atoms with Crippen LogP contribution in [0.3, 0.4) is 0 Å². The first-order valence-corrected chi connectivity index (χ1v) is 5.19. The van der Waals surface area contributed by atoms with Gasteiger partial charge in [0.2, 0.25) is 5.91 Å². The van der Waals surface area contributed by atoms with Gasteiger partial charge in [0.25, 0.3) is 0 Å². The number of nitrogens with zero attached hydrogens (tertiary/aromatic N) is 2. The number of piperazine rings is 1. The molecule has 0 bridgehead atoms. The molecule has 1 heterocycles. The predicted molar refractivity (Wildman–Crippen MR) is 55.5 cm³/mol. The molecular formula is C10H18N2O3. The van der Waals surface area contributed by atoms with Crippen molar-refractivity contribution in [3.8, 4) is 0 Å². The molecule has 0 spiro atoms. The Hall–Kier alpha value is -1.10. The van der Waals surface area contributed by atoms with Crippen molar-refractivity contribution in [2.24, 2.45) is 0 Å². The molecule has 0 aromatic rings. The van der Waals surface area contributed by atoms with E-state index >= 15 is 0 Å². The van der Waals surface area contributed by atoms with Crippen molar-refractivity contribution in [1.82, 2.24) is 9.80 Å². The van der Waals surface area contributed by atoms with Crippen molar-refractivity contribution < 1.29 is 14.7 Å². The lowest BCUT2D eigenvalue weighted by Crippen LogP contribution is -2.60. The molecule has 1 fully saturated rings. The molecule has 0 saturated carbocycles. The largest absolute Gasteiger partial charge is 0.480 e. The molecule has 1 amide bonds. The molecule has 2 atom stereocenters. The molecule has 5 nitrogen and oxygen atoms in total. The number of hydrogen-bond donors (Lipinski definition) is 1. The number of carbonyl (C=O) groups excluding carboxylic acids is 1. The number of carboxylic acid groups (broad SMARTS) is 1. The maximum Gasteiger partial charge on any atom is 0.322 e. The first-order chi connectivity index (χ1) is 6.97. The number of amides is 1. The first-order valence-electron chi connectivity index (χ1n) is 5.19. The van der Waals surface area contributed by atoms with Crippen LogP contribution in [0.1, 0.15) is 20.3 Å². The van der Waals surface area contributed by atoms with Crippen molar-refractivity contribution in [3.05, 3.63) is 0 Å². The van der Waals surface area contributed by atoms with Crippen LogP contribution in [-0.4, -0.2) is 59.0 Å². The van der Waals surface area contributed by atoms with Gasteiger partial charge in [-0.3, -0.25) is 14.5 Å². The summed E-state index contributed by atoms with van der Waals surface area (Å²) < 4.78 is 0. The van der Waals surface area contributed by atoms with Gasteiger partial charge in [0.05, 0.1) is 6.54 Å². The molecule has 0 radical (unpaired) electrons. The van der Waals surface area contributed by atoms with Gasteiger partial charge in [-0.05, 0) is 13.3 Å². The molecule has 15 heavy (non-hydrogen) atoms. The summed E-state index contributed by atoms with van der Waals surface area (Å²) in [5.74, 6) is -0.859. The average molecular weight is 214 g/mol. The number of aliphatic carboxylic acids is 1. The zero-order valence-corrected chi connectivity index (χ0v) is 9.43. The third-order valence-corrected chi connectivity index (χ3v) is 3.03. The summed E-state index contributed by atoms with van der Waals surface area (Å²) in [4.78, 5) is 25.8. The van der Waals surface area contributed by atoms with E-state index in [1.54, 1.807) is 11.9 Å². The Morgan fingerprint density at radius 1 is 1.67 bits per heavy atom. The van der Waals surface area contributed by atoms with Gasteiger partial charge in [-0.15, -0.1) is 0 Å². The lowest BCUT2D eigenvalue weighted by atomic mass is 10.1. The second kappa shape index (κ2) is 4.61. The highest BCUT2D eigenvalue weighted by Gasteiger charge is 2.36. The van der Waals surface area contributed by atoms with Gasteiger partial charge < -0.3 is 10.0 Å². The molecule has 0 aromatic carbocycles. The fourth-order valence-electron chi connectivity index (χ4n) is 1.77. The van der Waals surface area contributed by atoms with Gasteiger partial charge in [0.1, 0.15) is 6.04 Å². The summed E-state index contributed by atoms with van der Waals surface area (Å²) >= 11 is 0. The van der Waals surface area contributed by atoms with E-state index < -0.39 is 12.0 Å². The van der Waals surface area contributed by atoms with Crippen LogP contribution >= 0.6 is 0 Å². The molecule has 1 aliphatic rings. The van der Waals surface area contributed by atoms with Gasteiger partial charge in [-0.2, -0.15) is 0 Å². The van der Waals surface area contributed by atoms with E-state index in [9.17, 15) is 9.59 Å². The third-order valence-electron chi connectivity index (χ3n) is 3.03. The normalized spacial score (nSPS) is 25.4. The van der Waals surface area contributed by atoms with Gasteiger partial charge in [0.15, 0.2) is 0 Å². The van der Waals surface area contributed by atoms with E-state index in [1.165, 1.54) is 4.90 Å². The highest BCUT2D eigenvalue weighted by atomic mass is 16.4. The summed E-state index contributed by atoms with van der Waals surface area (Å²) in [7, 11) is 1.65. The molecule has 2 unspecified atom stereocenters. The van der Waals surface area contributed by atoms with Gasteiger partial charge in [-0.25, -0.2) is 0 Å². The number of hydrogen-bond acceptors (Lipinski definition) is 3. The predicted octanol–water partition coefficient (Wildman–Crippen LogP) is 0.0121. The molecule has 5 heteroatoms. The number of rotatable bonds is 3. The Bertz CT molecular complexity index is 267. The topological polar surface area (TPSA) is 60.9 Å². The van der Waals surface area contributed by atoms with Crippen LogP contribution in [0, 0.1) is 0 Å². The minimum atomic E-state index is -0.852. The minimum Gasteiger partial charge on any atom is -0.480 e. The van der Waals surface area contributed by atoms with E-state index in [2.05, 4.69) is 0 Å². The van der Waals surface area contributed by atoms with Gasteiger partial charge >= 0.3 is 5.97 Å². The second-order valence-electron chi connectivity index (χ2n) is 4.06. The first kappa shape index (κ1) is 12.0. The molecule has 1 aliphatic heterocycles. The Kier molecular flexibility index (Phi) is 3.68. The minimum absolute atomic E-state index is 0.00667. The van der Waals surface area contributed by atoms with Crippen LogP contribution in [0.4, 0.5) is 0 Å². The van der Waals surface area contributed by atoms with Crippen LogP contribution in [-0.2, 0) is 9.59 Å². The van der Waals surface area contributed by atoms with E-state index in [0.29, 0.717) is 0 Å². The molecular weight excluding hydrogens is 196 g/mol. The highest BCUT2D eigenvalue weighted by molar-refractivity contribution is 5.83. The molecule has 1 saturated heterocycles. The smallest absolute Gasteiger partial charge is 0.322 e. The lowest BCUT2D eigenvalue weighted by Gasteiger charge is -2.40. The van der Waals surface area contributed by atoms with E-state index in [4.69, 9.17) is 5.11 Å². The summed E-state index contributed by atoms with van der Waals surface area (Å²) in [6.45, 7) is 4.43. The quantitative estimate of drug-likeness (QED) is 0.719. The maximum atomic E-state index is 11.5. The highest BCUT2D eigenvalue weighted by Crippen LogP contribution is 2.15. The van der Waals surface area contributed by atoms with Crippen molar-refractivity contribution in [1.29, 1.82) is 0 Å². The fourth-order valence-corrected chi connectivity index (χ4v) is 1.77. The van der Waals surface area contributed by atoms with Crippen LogP contribution in [0.25, 0.3) is 0 Å². The Balaban J connectivity index is 2.81. The van der Waals surface area contributed by atoms with Crippen LogP contribution in [0.2, 0.25) is 0 Å². The van der Waals surface area contributed by atoms with Crippen molar-refractivity contribution in [3.63, 3.8) is 0 Å². The summed E-state index contributed by atoms with van der Waals surface area (Å²) in [6.07, 6.45) is 0.848. The summed E-state index contributed by atoms with van der Waals surface area (Å²) in [5.41, 5.74) is 0. The molecule has 86 valence electrons. The summed E-state index contributed by atoms with van der Waals surface area (Å²) in [5, 5.41) is 9.08. The summed E-state index contributed by atoms with van der Waals surface area (Å²) in [6, 6.07) is -0.439. The zero-order chi connectivity index (χ0) is 11.6. The van der Waals surface area contributed by atoms with Crippen LogP contribution in [0.15, 0.2) is 0 Å². The maximum absolute atomic E-state index is 11.5. The Morgan fingerprint density at radius 3 is 2.73 bits per heavy atom. The van der Waals surface area contributed by atoms with E-state index in [0.717, 1.165) is 6.42 Å². The second-order valence-corrected chi connectivity index (χ2v) is 4.06. The van der Waals surface area contributed by atoms with Crippen LogP contribution < -0.4 is 0 Å². The van der Waals surface area contributed by atoms with E-state index in [-0.39, 0.29) is 25.0 Å². The van der Waals surface area contributed by atoms with Gasteiger partial charge in [0, 0.05) is 19.6 Å². The SMILES string of the molecule is CCC(C)N1CC(=O)N(C)CC1C(=O)O. The standard InChI is InChI=1S/C10H18N2O3/c1-4-7(2)12-6-9(13)11(3)5-8(12)10(14)15/h7-8H,4-6H2,1-3H3,(H,14,15). The van der Waals surface area contributed by atoms with Crippen molar-refractivity contribution in [2.75, 3.05) is 20.1 Å². The zero-order valence-electron chi connectivity index (χ0n) is 9.43. The van der Waals surface area contributed by atoms with Crippen molar-refractivity contribution in [2.45, 2.75) is 32.4 Å². The third kappa shape index (κ3) is 2.47. The molecule has 1 rings (SSSR count). The molecule has 1 N–H and O–H groups in total. The van der Waals surface area contributed by atoms with E-state index in [1.807, 2.05) is 13.8 Å². The van der Waals surface area contributed by atoms with Gasteiger partial charge in [-0.1, -0.05) is 6.92 Å². The number of carbonyl (C=O) groups is 2.